The summed E-state index contributed by atoms with van der Waals surface area (Å²) in [6.45, 7) is 1.69. The lowest BCUT2D eigenvalue weighted by Crippen LogP contribution is -2.50. The van der Waals surface area contributed by atoms with Crippen molar-refractivity contribution in [2.75, 3.05) is 5.75 Å². The minimum absolute atomic E-state index is 0.106. The second-order valence-corrected chi connectivity index (χ2v) is 10.4. The average molecular weight is 454 g/mol. The maximum Gasteiger partial charge on any atom is 0.339 e. The molecule has 166 valence electrons. The van der Waals surface area contributed by atoms with E-state index in [0.29, 0.717) is 5.58 Å². The molecule has 1 aromatic heterocycles. The third-order valence-electron chi connectivity index (χ3n) is 6.36. The summed E-state index contributed by atoms with van der Waals surface area (Å²) in [5.41, 5.74) is 3.55. The van der Waals surface area contributed by atoms with Crippen molar-refractivity contribution in [2.24, 2.45) is 0 Å². The Morgan fingerprint density at radius 2 is 1.88 bits per heavy atom. The van der Waals surface area contributed by atoms with Crippen LogP contribution >= 0.6 is 0 Å². The number of sulfonamides is 1. The minimum Gasteiger partial charge on any atom is -0.425 e. The lowest BCUT2D eigenvalue weighted by atomic mass is 9.96. The van der Waals surface area contributed by atoms with Crippen LogP contribution in [0.5, 0.6) is 5.75 Å². The fraction of sp³-hybridized carbons (Fsp3) is 0.333. The molecule has 2 heterocycles. The first-order chi connectivity index (χ1) is 15.4. The standard InChI is InChI=1S/C24H23NO6S/c1-2-32(28,29)25-14-16-7-4-3-6-15(16)12-21(25)24(27)30-17-10-11-19-18-8-5-9-20(18)23(26)31-22(19)13-17/h3-4,6-7,10-11,13,21H,2,5,8-9,12,14H2,1H3/t21-/m1/s1. The van der Waals surface area contributed by atoms with Crippen molar-refractivity contribution in [1.82, 2.24) is 4.31 Å². The smallest absolute Gasteiger partial charge is 0.339 e. The van der Waals surface area contributed by atoms with Gasteiger partial charge in [-0.15, -0.1) is 0 Å². The summed E-state index contributed by atoms with van der Waals surface area (Å²) in [6.07, 6.45) is 2.70. The highest BCUT2D eigenvalue weighted by Gasteiger charge is 2.39. The SMILES string of the molecule is CCS(=O)(=O)N1Cc2ccccc2C[C@@H]1C(=O)Oc1ccc2c3c(c(=O)oc2c1)CCC3. The van der Waals surface area contributed by atoms with Gasteiger partial charge in [0.2, 0.25) is 10.0 Å². The van der Waals surface area contributed by atoms with Gasteiger partial charge in [0.05, 0.1) is 5.75 Å². The van der Waals surface area contributed by atoms with E-state index in [1.807, 2.05) is 24.3 Å². The Bertz CT molecular complexity index is 1390. The lowest BCUT2D eigenvalue weighted by Gasteiger charge is -2.34. The summed E-state index contributed by atoms with van der Waals surface area (Å²) in [5, 5.41) is 0.846. The molecule has 7 nitrogen and oxygen atoms in total. The van der Waals surface area contributed by atoms with Crippen LogP contribution in [0.4, 0.5) is 0 Å². The fourth-order valence-electron chi connectivity index (χ4n) is 4.67. The van der Waals surface area contributed by atoms with Gasteiger partial charge in [-0.1, -0.05) is 24.3 Å². The third kappa shape index (κ3) is 3.53. The number of carbonyl (C=O) groups excluding carboxylic acids is 1. The van der Waals surface area contributed by atoms with Crippen molar-refractivity contribution in [3.05, 3.63) is 75.1 Å². The molecule has 32 heavy (non-hydrogen) atoms. The normalized spacial score (nSPS) is 18.3. The molecular weight excluding hydrogens is 430 g/mol. The van der Waals surface area contributed by atoms with Crippen LogP contribution in [0.15, 0.2) is 51.7 Å². The van der Waals surface area contributed by atoms with E-state index in [1.54, 1.807) is 19.1 Å². The number of hydrogen-bond donors (Lipinski definition) is 0. The molecule has 5 rings (SSSR count). The van der Waals surface area contributed by atoms with Crippen molar-refractivity contribution in [3.8, 4) is 5.75 Å². The Morgan fingerprint density at radius 1 is 1.12 bits per heavy atom. The number of aryl methyl sites for hydroxylation is 1. The maximum absolute atomic E-state index is 13.1. The van der Waals surface area contributed by atoms with Gasteiger partial charge in [0, 0.05) is 30.0 Å². The van der Waals surface area contributed by atoms with E-state index >= 15 is 0 Å². The van der Waals surface area contributed by atoms with Crippen LogP contribution in [0.1, 0.15) is 35.6 Å². The Hall–Kier alpha value is -2.97. The first kappa shape index (κ1) is 20.9. The van der Waals surface area contributed by atoms with Crippen LogP contribution in [-0.4, -0.2) is 30.5 Å². The maximum atomic E-state index is 13.1. The third-order valence-corrected chi connectivity index (χ3v) is 8.19. The molecule has 0 unspecified atom stereocenters. The molecule has 8 heteroatoms. The topological polar surface area (TPSA) is 93.9 Å². The van der Waals surface area contributed by atoms with E-state index in [2.05, 4.69) is 0 Å². The van der Waals surface area contributed by atoms with Crippen LogP contribution in [0.2, 0.25) is 0 Å². The predicted molar refractivity (Wildman–Crippen MR) is 119 cm³/mol. The number of esters is 1. The molecule has 1 aliphatic heterocycles. The zero-order chi connectivity index (χ0) is 22.5. The van der Waals surface area contributed by atoms with E-state index < -0.39 is 22.0 Å². The summed E-state index contributed by atoms with van der Waals surface area (Å²) >= 11 is 0. The highest BCUT2D eigenvalue weighted by molar-refractivity contribution is 7.89. The number of fused-ring (bicyclic) bond motifs is 4. The van der Waals surface area contributed by atoms with Crippen LogP contribution in [-0.2, 0) is 40.6 Å². The number of rotatable bonds is 4. The minimum atomic E-state index is -3.62. The largest absolute Gasteiger partial charge is 0.425 e. The molecule has 2 aliphatic rings. The van der Waals surface area contributed by atoms with E-state index in [-0.39, 0.29) is 30.1 Å². The van der Waals surface area contributed by atoms with E-state index in [1.165, 1.54) is 10.4 Å². The summed E-state index contributed by atoms with van der Waals surface area (Å²) in [4.78, 5) is 25.4. The first-order valence-electron chi connectivity index (χ1n) is 10.7. The molecule has 0 saturated heterocycles. The predicted octanol–water partition coefficient (Wildman–Crippen LogP) is 2.96. The lowest BCUT2D eigenvalue weighted by molar-refractivity contribution is -0.139. The summed E-state index contributed by atoms with van der Waals surface area (Å²) in [5.74, 6) is -0.541. The zero-order valence-electron chi connectivity index (χ0n) is 17.7. The second-order valence-electron chi connectivity index (χ2n) is 8.21. The Kier molecular flexibility index (Phi) is 5.14. The van der Waals surface area contributed by atoms with Gasteiger partial charge in [-0.3, -0.25) is 0 Å². The van der Waals surface area contributed by atoms with Crippen LogP contribution in [0.25, 0.3) is 11.0 Å². The molecule has 0 spiro atoms. The number of benzene rings is 2. The van der Waals surface area contributed by atoms with Crippen molar-refractivity contribution < 1.29 is 22.4 Å². The van der Waals surface area contributed by atoms with E-state index in [0.717, 1.165) is 46.9 Å². The molecule has 0 radical (unpaired) electrons. The number of ether oxygens (including phenoxy) is 1. The number of hydrogen-bond acceptors (Lipinski definition) is 6. The fourth-order valence-corrected chi connectivity index (χ4v) is 5.89. The van der Waals surface area contributed by atoms with Gasteiger partial charge in [0.1, 0.15) is 17.4 Å². The zero-order valence-corrected chi connectivity index (χ0v) is 18.5. The van der Waals surface area contributed by atoms with Gasteiger partial charge < -0.3 is 9.15 Å². The van der Waals surface area contributed by atoms with Crippen LogP contribution in [0, 0.1) is 0 Å². The van der Waals surface area contributed by atoms with Crippen molar-refractivity contribution in [1.29, 1.82) is 0 Å². The van der Waals surface area contributed by atoms with Crippen molar-refractivity contribution >= 4 is 27.0 Å². The van der Waals surface area contributed by atoms with Gasteiger partial charge >= 0.3 is 11.6 Å². The Morgan fingerprint density at radius 3 is 2.66 bits per heavy atom. The molecule has 1 aliphatic carbocycles. The molecule has 0 saturated carbocycles. The molecule has 0 fully saturated rings. The highest BCUT2D eigenvalue weighted by atomic mass is 32.2. The first-order valence-corrected chi connectivity index (χ1v) is 12.3. The van der Waals surface area contributed by atoms with Crippen LogP contribution in [0.3, 0.4) is 0 Å². The molecular formula is C24H23NO6S. The molecule has 1 atom stereocenters. The van der Waals surface area contributed by atoms with Gasteiger partial charge in [0.15, 0.2) is 0 Å². The summed E-state index contributed by atoms with van der Waals surface area (Å²) in [7, 11) is -3.62. The monoisotopic (exact) mass is 453 g/mol. The quantitative estimate of drug-likeness (QED) is 0.343. The van der Waals surface area contributed by atoms with E-state index in [9.17, 15) is 18.0 Å². The number of carbonyl (C=O) groups is 1. The van der Waals surface area contributed by atoms with Gasteiger partial charge in [-0.25, -0.2) is 18.0 Å². The van der Waals surface area contributed by atoms with Gasteiger partial charge in [-0.05, 0) is 55.0 Å². The summed E-state index contributed by atoms with van der Waals surface area (Å²) in [6, 6.07) is 11.5. The van der Waals surface area contributed by atoms with Crippen molar-refractivity contribution in [3.63, 3.8) is 0 Å². The van der Waals surface area contributed by atoms with Gasteiger partial charge in [-0.2, -0.15) is 4.31 Å². The molecule has 0 bridgehead atoms. The van der Waals surface area contributed by atoms with Crippen LogP contribution < -0.4 is 10.4 Å². The molecule has 0 N–H and O–H groups in total. The van der Waals surface area contributed by atoms with E-state index in [4.69, 9.17) is 9.15 Å². The van der Waals surface area contributed by atoms with Gasteiger partial charge in [0.25, 0.3) is 0 Å². The molecule has 0 amide bonds. The number of nitrogens with zero attached hydrogens (tertiary/aromatic N) is 1. The average Bonchev–Trinajstić information content (AvgIpc) is 3.29. The van der Waals surface area contributed by atoms with Crippen molar-refractivity contribution in [2.45, 2.75) is 45.2 Å². The summed E-state index contributed by atoms with van der Waals surface area (Å²) < 4.78 is 37.7. The highest BCUT2D eigenvalue weighted by Crippen LogP contribution is 2.31. The Balaban J connectivity index is 1.47. The molecule has 3 aromatic rings. The molecule has 2 aromatic carbocycles. The Labute approximate surface area is 185 Å². The second kappa shape index (κ2) is 7.86.